The number of aromatic nitrogens is 1. The van der Waals surface area contributed by atoms with E-state index in [0.717, 1.165) is 19.5 Å². The van der Waals surface area contributed by atoms with E-state index in [1.54, 1.807) is 0 Å². The van der Waals surface area contributed by atoms with E-state index < -0.39 is 13.0 Å². The maximum Gasteiger partial charge on any atom is 0.261 e. The van der Waals surface area contributed by atoms with Crippen LogP contribution >= 0.6 is 0 Å². The number of nitrogens with one attached hydrogen (secondary N) is 1. The second-order valence-electron chi connectivity index (χ2n) is 3.84. The van der Waals surface area contributed by atoms with Gasteiger partial charge in [-0.2, -0.15) is 0 Å². The van der Waals surface area contributed by atoms with E-state index in [-0.39, 0.29) is 0 Å². The van der Waals surface area contributed by atoms with Crippen molar-refractivity contribution in [3.8, 4) is 0 Å². The summed E-state index contributed by atoms with van der Waals surface area (Å²) in [4.78, 5) is 0. The van der Waals surface area contributed by atoms with Gasteiger partial charge in [0.25, 0.3) is 6.43 Å². The summed E-state index contributed by atoms with van der Waals surface area (Å²) in [6, 6.07) is 4.07. The van der Waals surface area contributed by atoms with E-state index in [2.05, 4.69) is 22.9 Å². The number of alkyl halides is 2. The maximum absolute atomic E-state index is 11.8. The summed E-state index contributed by atoms with van der Waals surface area (Å²) in [6.45, 7) is 4.31. The van der Waals surface area contributed by atoms with Gasteiger partial charge in [-0.25, -0.2) is 8.78 Å². The van der Waals surface area contributed by atoms with E-state index >= 15 is 0 Å². The summed E-state index contributed by atoms with van der Waals surface area (Å²) in [5.74, 6) is 0. The molecule has 3 nitrogen and oxygen atoms in total. The van der Waals surface area contributed by atoms with Crippen LogP contribution in [0.25, 0.3) is 0 Å². The van der Waals surface area contributed by atoms with Gasteiger partial charge in [0.05, 0.1) is 6.61 Å². The highest BCUT2D eigenvalue weighted by Crippen LogP contribution is 2.02. The summed E-state index contributed by atoms with van der Waals surface area (Å²) in [7, 11) is 0. The monoisotopic (exact) mass is 246 g/mol. The minimum Gasteiger partial charge on any atom is -0.374 e. The Morgan fingerprint density at radius 3 is 3.00 bits per heavy atom. The van der Waals surface area contributed by atoms with Crippen LogP contribution in [0.15, 0.2) is 18.3 Å². The van der Waals surface area contributed by atoms with Crippen molar-refractivity contribution in [1.29, 1.82) is 0 Å². The molecule has 0 atom stereocenters. The zero-order valence-electron chi connectivity index (χ0n) is 10.2. The van der Waals surface area contributed by atoms with Crippen molar-refractivity contribution >= 4 is 0 Å². The molecule has 17 heavy (non-hydrogen) atoms. The van der Waals surface area contributed by atoms with E-state index in [1.807, 2.05) is 12.3 Å². The molecule has 0 saturated carbocycles. The molecular formula is C12H20F2N2O. The van der Waals surface area contributed by atoms with Gasteiger partial charge in [0, 0.05) is 31.5 Å². The average molecular weight is 246 g/mol. The fourth-order valence-electron chi connectivity index (χ4n) is 1.60. The standard InChI is InChI=1S/C12H20F2N2O/c1-2-6-16-7-3-4-11(16)9-15-5-8-17-10-12(13)14/h3-4,7,12,15H,2,5-6,8-10H2,1H3. The molecule has 5 heteroatoms. The van der Waals surface area contributed by atoms with Crippen LogP contribution in [0.3, 0.4) is 0 Å². The van der Waals surface area contributed by atoms with Gasteiger partial charge >= 0.3 is 0 Å². The Kier molecular flexibility index (Phi) is 6.81. The molecule has 0 aromatic carbocycles. The molecule has 0 radical (unpaired) electrons. The molecule has 1 heterocycles. The lowest BCUT2D eigenvalue weighted by atomic mass is 10.4. The first-order chi connectivity index (χ1) is 8.24. The Balaban J connectivity index is 2.11. The summed E-state index contributed by atoms with van der Waals surface area (Å²) in [6.07, 6.45) is 0.768. The quantitative estimate of drug-likeness (QED) is 0.676. The SMILES string of the molecule is CCCn1cccc1CNCCOCC(F)F. The van der Waals surface area contributed by atoms with Gasteiger partial charge in [-0.05, 0) is 18.6 Å². The fourth-order valence-corrected chi connectivity index (χ4v) is 1.60. The minimum absolute atomic E-state index is 0.318. The highest BCUT2D eigenvalue weighted by molar-refractivity contribution is 5.06. The molecule has 1 aromatic heterocycles. The molecule has 0 aliphatic heterocycles. The first-order valence-electron chi connectivity index (χ1n) is 5.94. The van der Waals surface area contributed by atoms with Crippen LogP contribution < -0.4 is 5.32 Å². The van der Waals surface area contributed by atoms with Crippen LogP contribution in [0.4, 0.5) is 8.78 Å². The summed E-state index contributed by atoms with van der Waals surface area (Å²) in [5, 5.41) is 3.17. The van der Waals surface area contributed by atoms with E-state index in [9.17, 15) is 8.78 Å². The Morgan fingerprint density at radius 2 is 2.29 bits per heavy atom. The normalized spacial score (nSPS) is 11.3. The van der Waals surface area contributed by atoms with E-state index in [1.165, 1.54) is 5.69 Å². The summed E-state index contributed by atoms with van der Waals surface area (Å²) < 4.78 is 30.5. The van der Waals surface area contributed by atoms with Gasteiger partial charge in [-0.1, -0.05) is 6.92 Å². The number of nitrogens with zero attached hydrogens (tertiary/aromatic N) is 1. The lowest BCUT2D eigenvalue weighted by Crippen LogP contribution is -2.22. The number of halogens is 2. The molecule has 0 aliphatic rings. The van der Waals surface area contributed by atoms with Crippen molar-refractivity contribution in [3.63, 3.8) is 0 Å². The number of hydrogen-bond acceptors (Lipinski definition) is 2. The average Bonchev–Trinajstić information content (AvgIpc) is 2.71. The molecule has 1 N–H and O–H groups in total. The Bertz CT molecular complexity index is 302. The lowest BCUT2D eigenvalue weighted by Gasteiger charge is -2.09. The molecule has 98 valence electrons. The van der Waals surface area contributed by atoms with Crippen molar-refractivity contribution in [3.05, 3.63) is 24.0 Å². The molecule has 0 unspecified atom stereocenters. The van der Waals surface area contributed by atoms with E-state index in [4.69, 9.17) is 4.74 Å². The number of hydrogen-bond donors (Lipinski definition) is 1. The minimum atomic E-state index is -2.38. The first-order valence-corrected chi connectivity index (χ1v) is 5.94. The molecule has 0 spiro atoms. The maximum atomic E-state index is 11.8. The second-order valence-corrected chi connectivity index (χ2v) is 3.84. The smallest absolute Gasteiger partial charge is 0.261 e. The fraction of sp³-hybridized carbons (Fsp3) is 0.667. The number of rotatable bonds is 9. The summed E-state index contributed by atoms with van der Waals surface area (Å²) >= 11 is 0. The van der Waals surface area contributed by atoms with Gasteiger partial charge in [-0.15, -0.1) is 0 Å². The third-order valence-corrected chi connectivity index (χ3v) is 2.36. The van der Waals surface area contributed by atoms with Crippen molar-refractivity contribution < 1.29 is 13.5 Å². The molecule has 0 saturated heterocycles. The first kappa shape index (κ1) is 14.1. The third-order valence-electron chi connectivity index (χ3n) is 2.36. The van der Waals surface area contributed by atoms with Gasteiger partial charge in [0.2, 0.25) is 0 Å². The van der Waals surface area contributed by atoms with Crippen LogP contribution in [-0.4, -0.2) is 30.8 Å². The molecule has 0 fully saturated rings. The van der Waals surface area contributed by atoms with Crippen LogP contribution in [0.1, 0.15) is 19.0 Å². The van der Waals surface area contributed by atoms with Crippen molar-refractivity contribution in [2.45, 2.75) is 32.9 Å². The van der Waals surface area contributed by atoms with Crippen LogP contribution in [0.5, 0.6) is 0 Å². The van der Waals surface area contributed by atoms with Crippen LogP contribution in [-0.2, 0) is 17.8 Å². The van der Waals surface area contributed by atoms with Gasteiger partial charge in [0.1, 0.15) is 6.61 Å². The zero-order valence-corrected chi connectivity index (χ0v) is 10.2. The molecule has 1 aromatic rings. The highest BCUT2D eigenvalue weighted by atomic mass is 19.3. The molecular weight excluding hydrogens is 226 g/mol. The molecule has 0 bridgehead atoms. The largest absolute Gasteiger partial charge is 0.374 e. The van der Waals surface area contributed by atoms with Crippen molar-refractivity contribution in [2.75, 3.05) is 19.8 Å². The summed E-state index contributed by atoms with van der Waals surface area (Å²) in [5.41, 5.74) is 1.21. The highest BCUT2D eigenvalue weighted by Gasteiger charge is 2.02. The third kappa shape index (κ3) is 5.79. The molecule has 0 amide bonds. The Hall–Kier alpha value is -0.940. The van der Waals surface area contributed by atoms with Crippen molar-refractivity contribution in [2.24, 2.45) is 0 Å². The Labute approximate surface area is 101 Å². The van der Waals surface area contributed by atoms with E-state index in [0.29, 0.717) is 13.2 Å². The topological polar surface area (TPSA) is 26.2 Å². The molecule has 1 rings (SSSR count). The van der Waals surface area contributed by atoms with Crippen LogP contribution in [0.2, 0.25) is 0 Å². The van der Waals surface area contributed by atoms with Crippen LogP contribution in [0, 0.1) is 0 Å². The van der Waals surface area contributed by atoms with Crippen molar-refractivity contribution in [1.82, 2.24) is 9.88 Å². The lowest BCUT2D eigenvalue weighted by molar-refractivity contribution is 0.0187. The zero-order chi connectivity index (χ0) is 12.5. The van der Waals surface area contributed by atoms with Gasteiger partial charge in [-0.3, -0.25) is 0 Å². The Morgan fingerprint density at radius 1 is 1.47 bits per heavy atom. The molecule has 0 aliphatic carbocycles. The number of aryl methyl sites for hydroxylation is 1. The number of ether oxygens (including phenoxy) is 1. The van der Waals surface area contributed by atoms with Gasteiger partial charge < -0.3 is 14.6 Å². The predicted octanol–water partition coefficient (Wildman–Crippen LogP) is 2.27. The van der Waals surface area contributed by atoms with Gasteiger partial charge in [0.15, 0.2) is 0 Å². The predicted molar refractivity (Wildman–Crippen MR) is 63.3 cm³/mol. The second kappa shape index (κ2) is 8.20.